The number of hydrogen-bond acceptors (Lipinski definition) is 1. The van der Waals surface area contributed by atoms with Gasteiger partial charge in [0.2, 0.25) is 0 Å². The Morgan fingerprint density at radius 3 is 1.00 bits per heavy atom. The van der Waals surface area contributed by atoms with Gasteiger partial charge in [0.15, 0.2) is 0 Å². The largest absolute Gasteiger partial charge is 0.299 e. The summed E-state index contributed by atoms with van der Waals surface area (Å²) in [5.74, 6) is 1.49. The summed E-state index contributed by atoms with van der Waals surface area (Å²) in [6.07, 6.45) is 20.9. The molecule has 0 aliphatic heterocycles. The Morgan fingerprint density at radius 2 is 0.700 bits per heavy atom. The molecule has 0 spiro atoms. The van der Waals surface area contributed by atoms with Crippen LogP contribution in [0, 0.1) is 11.8 Å². The maximum absolute atomic E-state index is 12.9. The van der Waals surface area contributed by atoms with E-state index in [1.807, 2.05) is 0 Å². The molecule has 0 atom stereocenters. The first kappa shape index (κ1) is 16.0. The molecular formula is C19H34O. The lowest BCUT2D eigenvalue weighted by Gasteiger charge is -2.22. The van der Waals surface area contributed by atoms with Crippen LogP contribution < -0.4 is 0 Å². The van der Waals surface area contributed by atoms with E-state index in [2.05, 4.69) is 0 Å². The Bertz CT molecular complexity index is 225. The van der Waals surface area contributed by atoms with Gasteiger partial charge in [0.05, 0.1) is 0 Å². The number of rotatable bonds is 2. The third-order valence-electron chi connectivity index (χ3n) is 5.52. The lowest BCUT2D eigenvalue weighted by Crippen LogP contribution is -2.24. The fraction of sp³-hybridized carbons (Fsp3) is 0.947. The van der Waals surface area contributed by atoms with Crippen molar-refractivity contribution >= 4 is 5.78 Å². The van der Waals surface area contributed by atoms with Gasteiger partial charge in [-0.05, 0) is 25.7 Å². The predicted octanol–water partition coefficient (Wildman–Crippen LogP) is 6.06. The van der Waals surface area contributed by atoms with Crippen molar-refractivity contribution in [2.24, 2.45) is 11.8 Å². The fourth-order valence-corrected chi connectivity index (χ4v) is 4.17. The molecule has 0 aromatic heterocycles. The van der Waals surface area contributed by atoms with Crippen LogP contribution in [-0.2, 0) is 4.79 Å². The summed E-state index contributed by atoms with van der Waals surface area (Å²) in [5, 5.41) is 0. The molecular weight excluding hydrogens is 244 g/mol. The van der Waals surface area contributed by atoms with E-state index >= 15 is 0 Å². The molecule has 2 saturated carbocycles. The maximum atomic E-state index is 12.9. The van der Waals surface area contributed by atoms with Gasteiger partial charge in [0.1, 0.15) is 5.78 Å². The number of carbonyl (C=O) groups is 1. The summed E-state index contributed by atoms with van der Waals surface area (Å²) >= 11 is 0. The third-order valence-corrected chi connectivity index (χ3v) is 5.52. The molecule has 2 aliphatic carbocycles. The van der Waals surface area contributed by atoms with Crippen molar-refractivity contribution in [1.29, 1.82) is 0 Å². The number of ketones is 1. The summed E-state index contributed by atoms with van der Waals surface area (Å²) in [5.41, 5.74) is 0. The second-order valence-electron chi connectivity index (χ2n) is 7.19. The van der Waals surface area contributed by atoms with Crippen molar-refractivity contribution in [3.05, 3.63) is 0 Å². The van der Waals surface area contributed by atoms with Gasteiger partial charge in [0.25, 0.3) is 0 Å². The summed E-state index contributed by atoms with van der Waals surface area (Å²) in [6, 6.07) is 0. The SMILES string of the molecule is O=C(C1CCCCCCCC1)C1CCCCCCCC1. The highest BCUT2D eigenvalue weighted by molar-refractivity contribution is 5.83. The first-order valence-electron chi connectivity index (χ1n) is 9.41. The van der Waals surface area contributed by atoms with Crippen LogP contribution in [0.15, 0.2) is 0 Å². The van der Waals surface area contributed by atoms with Gasteiger partial charge in [-0.2, -0.15) is 0 Å². The molecule has 2 fully saturated rings. The van der Waals surface area contributed by atoms with Crippen LogP contribution in [0.5, 0.6) is 0 Å². The van der Waals surface area contributed by atoms with Crippen molar-refractivity contribution in [2.45, 2.75) is 103 Å². The van der Waals surface area contributed by atoms with E-state index in [4.69, 9.17) is 0 Å². The molecule has 20 heavy (non-hydrogen) atoms. The lowest BCUT2D eigenvalue weighted by atomic mass is 9.82. The van der Waals surface area contributed by atoms with Crippen LogP contribution in [0.25, 0.3) is 0 Å². The van der Waals surface area contributed by atoms with Crippen LogP contribution in [0.3, 0.4) is 0 Å². The second kappa shape index (κ2) is 9.58. The Balaban J connectivity index is 1.87. The highest BCUT2D eigenvalue weighted by Crippen LogP contribution is 2.30. The molecule has 0 amide bonds. The Hall–Kier alpha value is -0.330. The van der Waals surface area contributed by atoms with E-state index in [1.54, 1.807) is 0 Å². The minimum atomic E-state index is 0.416. The number of carbonyl (C=O) groups excluding carboxylic acids is 1. The summed E-state index contributed by atoms with van der Waals surface area (Å²) in [6.45, 7) is 0. The van der Waals surface area contributed by atoms with Crippen molar-refractivity contribution < 1.29 is 4.79 Å². The highest BCUT2D eigenvalue weighted by atomic mass is 16.1. The van der Waals surface area contributed by atoms with E-state index in [-0.39, 0.29) is 0 Å². The van der Waals surface area contributed by atoms with Crippen LogP contribution in [0.2, 0.25) is 0 Å². The monoisotopic (exact) mass is 278 g/mol. The van der Waals surface area contributed by atoms with Crippen LogP contribution >= 0.6 is 0 Å². The zero-order valence-corrected chi connectivity index (χ0v) is 13.4. The third kappa shape index (κ3) is 5.58. The summed E-state index contributed by atoms with van der Waals surface area (Å²) < 4.78 is 0. The molecule has 0 aromatic rings. The van der Waals surface area contributed by atoms with Gasteiger partial charge < -0.3 is 0 Å². The second-order valence-corrected chi connectivity index (χ2v) is 7.19. The van der Waals surface area contributed by atoms with E-state index in [0.717, 1.165) is 0 Å². The van der Waals surface area contributed by atoms with Crippen LogP contribution in [-0.4, -0.2) is 5.78 Å². The van der Waals surface area contributed by atoms with Crippen molar-refractivity contribution in [3.63, 3.8) is 0 Å². The Kier molecular flexibility index (Phi) is 7.69. The van der Waals surface area contributed by atoms with E-state index in [0.29, 0.717) is 17.6 Å². The molecule has 2 aliphatic rings. The van der Waals surface area contributed by atoms with Crippen LogP contribution in [0.4, 0.5) is 0 Å². The van der Waals surface area contributed by atoms with Gasteiger partial charge in [0, 0.05) is 11.8 Å². The molecule has 0 heterocycles. The zero-order chi connectivity index (χ0) is 14.0. The van der Waals surface area contributed by atoms with Crippen molar-refractivity contribution in [3.8, 4) is 0 Å². The van der Waals surface area contributed by atoms with Gasteiger partial charge in [-0.25, -0.2) is 0 Å². The summed E-state index contributed by atoms with van der Waals surface area (Å²) in [4.78, 5) is 12.9. The molecule has 1 heteroatoms. The Morgan fingerprint density at radius 1 is 0.450 bits per heavy atom. The quantitative estimate of drug-likeness (QED) is 0.600. The van der Waals surface area contributed by atoms with Crippen LogP contribution in [0.1, 0.15) is 103 Å². The molecule has 116 valence electrons. The molecule has 0 aromatic carbocycles. The maximum Gasteiger partial charge on any atom is 0.139 e. The number of Topliss-reactive ketones (excluding diaryl/α,β-unsaturated/α-hetero) is 1. The average Bonchev–Trinajstić information content (AvgIpc) is 2.69. The van der Waals surface area contributed by atoms with Crippen molar-refractivity contribution in [1.82, 2.24) is 0 Å². The lowest BCUT2D eigenvalue weighted by molar-refractivity contribution is -0.127. The molecule has 0 unspecified atom stereocenters. The van der Waals surface area contributed by atoms with Gasteiger partial charge in [-0.3, -0.25) is 4.79 Å². The Labute approximate surface area is 125 Å². The molecule has 1 nitrogen and oxygen atoms in total. The smallest absolute Gasteiger partial charge is 0.139 e. The molecule has 0 bridgehead atoms. The molecule has 0 N–H and O–H groups in total. The first-order chi connectivity index (χ1) is 9.88. The van der Waals surface area contributed by atoms with E-state index < -0.39 is 0 Å². The summed E-state index contributed by atoms with van der Waals surface area (Å²) in [7, 11) is 0. The first-order valence-corrected chi connectivity index (χ1v) is 9.41. The highest BCUT2D eigenvalue weighted by Gasteiger charge is 2.26. The normalized spacial score (nSPS) is 25.6. The van der Waals surface area contributed by atoms with Gasteiger partial charge in [-0.15, -0.1) is 0 Å². The predicted molar refractivity (Wildman–Crippen MR) is 85.9 cm³/mol. The minimum Gasteiger partial charge on any atom is -0.299 e. The van der Waals surface area contributed by atoms with Crippen molar-refractivity contribution in [2.75, 3.05) is 0 Å². The van der Waals surface area contributed by atoms with Gasteiger partial charge in [-0.1, -0.05) is 77.0 Å². The minimum absolute atomic E-state index is 0.416. The standard InChI is InChI=1S/C19H34O/c20-19(17-13-9-5-1-2-6-10-14-17)18-15-11-7-3-4-8-12-16-18/h17-18H,1-16H2. The average molecular weight is 278 g/mol. The molecule has 0 saturated heterocycles. The topological polar surface area (TPSA) is 17.1 Å². The zero-order valence-electron chi connectivity index (χ0n) is 13.4. The molecule has 2 rings (SSSR count). The van der Waals surface area contributed by atoms with E-state index in [1.165, 1.54) is 103 Å². The van der Waals surface area contributed by atoms with Gasteiger partial charge >= 0.3 is 0 Å². The molecule has 0 radical (unpaired) electrons. The fourth-order valence-electron chi connectivity index (χ4n) is 4.17. The number of hydrogen-bond donors (Lipinski definition) is 0. The van der Waals surface area contributed by atoms with E-state index in [9.17, 15) is 4.79 Å².